The highest BCUT2D eigenvalue weighted by molar-refractivity contribution is 5.85. The predicted molar refractivity (Wildman–Crippen MR) is 55.9 cm³/mol. The first kappa shape index (κ1) is 12.4. The minimum absolute atomic E-state index is 0. The molecule has 0 radical (unpaired) electrons. The second-order valence-electron chi connectivity index (χ2n) is 2.94. The molecule has 1 aromatic rings. The Morgan fingerprint density at radius 2 is 2.00 bits per heavy atom. The molecule has 0 unspecified atom stereocenters. The van der Waals surface area contributed by atoms with Gasteiger partial charge < -0.3 is 5.73 Å². The monoisotopic (exact) mass is 203 g/mol. The summed E-state index contributed by atoms with van der Waals surface area (Å²) in [6.07, 6.45) is 0.408. The Labute approximate surface area is 84.5 Å². The van der Waals surface area contributed by atoms with Gasteiger partial charge in [0.1, 0.15) is 0 Å². The van der Waals surface area contributed by atoms with E-state index in [0.29, 0.717) is 6.42 Å². The predicted octanol–water partition coefficient (Wildman–Crippen LogP) is 2.78. The zero-order valence-electron chi connectivity index (χ0n) is 7.66. The molecule has 0 aliphatic rings. The van der Waals surface area contributed by atoms with Crippen molar-refractivity contribution in [2.24, 2.45) is 5.73 Å². The molecule has 0 aromatic heterocycles. The summed E-state index contributed by atoms with van der Waals surface area (Å²) in [5, 5.41) is 0. The summed E-state index contributed by atoms with van der Waals surface area (Å²) in [6, 6.07) is 7.68. The molecule has 0 spiro atoms. The Morgan fingerprint density at radius 3 is 2.54 bits per heavy atom. The van der Waals surface area contributed by atoms with Crippen LogP contribution in [-0.2, 0) is 0 Å². The molecule has 0 bridgehead atoms. The van der Waals surface area contributed by atoms with E-state index in [4.69, 9.17) is 5.73 Å². The Hall–Kier alpha value is -0.600. The van der Waals surface area contributed by atoms with Crippen LogP contribution in [0.1, 0.15) is 23.6 Å². The van der Waals surface area contributed by atoms with Crippen molar-refractivity contribution in [2.75, 3.05) is 6.67 Å². The zero-order valence-corrected chi connectivity index (χ0v) is 8.48. The number of benzene rings is 1. The van der Waals surface area contributed by atoms with E-state index in [1.807, 2.05) is 31.2 Å². The summed E-state index contributed by atoms with van der Waals surface area (Å²) < 4.78 is 12.0. The van der Waals surface area contributed by atoms with E-state index in [-0.39, 0.29) is 25.1 Å². The topological polar surface area (TPSA) is 26.0 Å². The lowest BCUT2D eigenvalue weighted by Gasteiger charge is -2.12. The van der Waals surface area contributed by atoms with Crippen LogP contribution in [0, 0.1) is 6.92 Å². The quantitative estimate of drug-likeness (QED) is 0.804. The lowest BCUT2D eigenvalue weighted by molar-refractivity contribution is 0.441. The van der Waals surface area contributed by atoms with Crippen LogP contribution in [0.2, 0.25) is 0 Å². The number of rotatable bonds is 3. The third-order valence-corrected chi connectivity index (χ3v) is 2.01. The van der Waals surface area contributed by atoms with Gasteiger partial charge in [0.05, 0.1) is 6.67 Å². The number of alkyl halides is 1. The SMILES string of the molecule is Cc1ccccc1[C@@H](N)CCF.Cl. The second-order valence-corrected chi connectivity index (χ2v) is 2.94. The van der Waals surface area contributed by atoms with Crippen LogP contribution in [0.15, 0.2) is 24.3 Å². The maximum atomic E-state index is 12.0. The van der Waals surface area contributed by atoms with Gasteiger partial charge in [-0.15, -0.1) is 12.4 Å². The number of hydrogen-bond donors (Lipinski definition) is 1. The van der Waals surface area contributed by atoms with Crippen LogP contribution < -0.4 is 5.73 Å². The van der Waals surface area contributed by atoms with Crippen molar-refractivity contribution >= 4 is 12.4 Å². The van der Waals surface area contributed by atoms with E-state index in [9.17, 15) is 4.39 Å². The minimum Gasteiger partial charge on any atom is -0.324 e. The fourth-order valence-electron chi connectivity index (χ4n) is 1.28. The van der Waals surface area contributed by atoms with Gasteiger partial charge in [0.15, 0.2) is 0 Å². The van der Waals surface area contributed by atoms with E-state index >= 15 is 0 Å². The zero-order chi connectivity index (χ0) is 8.97. The normalized spacial score (nSPS) is 11.9. The molecule has 0 aliphatic heterocycles. The molecule has 0 saturated heterocycles. The van der Waals surface area contributed by atoms with Gasteiger partial charge in [-0.3, -0.25) is 4.39 Å². The van der Waals surface area contributed by atoms with Crippen LogP contribution in [0.4, 0.5) is 4.39 Å². The number of halogens is 2. The van der Waals surface area contributed by atoms with Gasteiger partial charge in [-0.05, 0) is 24.5 Å². The molecule has 1 aromatic carbocycles. The lowest BCUT2D eigenvalue weighted by Crippen LogP contribution is -2.12. The van der Waals surface area contributed by atoms with E-state index < -0.39 is 0 Å². The summed E-state index contributed by atoms with van der Waals surface area (Å²) in [4.78, 5) is 0. The fraction of sp³-hybridized carbons (Fsp3) is 0.400. The maximum Gasteiger partial charge on any atom is 0.0912 e. The Morgan fingerprint density at radius 1 is 1.38 bits per heavy atom. The van der Waals surface area contributed by atoms with Crippen molar-refractivity contribution in [2.45, 2.75) is 19.4 Å². The molecule has 74 valence electrons. The first-order valence-electron chi connectivity index (χ1n) is 4.12. The van der Waals surface area contributed by atoms with Gasteiger partial charge in [-0.25, -0.2) is 0 Å². The van der Waals surface area contributed by atoms with Crippen LogP contribution in [0.25, 0.3) is 0 Å². The fourth-order valence-corrected chi connectivity index (χ4v) is 1.28. The average Bonchev–Trinajstić information content (AvgIpc) is 2.05. The maximum absolute atomic E-state index is 12.0. The number of aryl methyl sites for hydroxylation is 1. The Balaban J connectivity index is 0.00000144. The molecule has 0 fully saturated rings. The largest absolute Gasteiger partial charge is 0.324 e. The molecule has 0 amide bonds. The first-order chi connectivity index (χ1) is 5.75. The van der Waals surface area contributed by atoms with Crippen LogP contribution in [0.5, 0.6) is 0 Å². The standard InChI is InChI=1S/C10H14FN.ClH/c1-8-4-2-3-5-9(8)10(12)6-7-11;/h2-5,10H,6-7,12H2,1H3;1H/t10-;/m0./s1. The Bertz CT molecular complexity index is 252. The summed E-state index contributed by atoms with van der Waals surface area (Å²) in [7, 11) is 0. The molecule has 0 heterocycles. The van der Waals surface area contributed by atoms with Crippen LogP contribution in [0.3, 0.4) is 0 Å². The van der Waals surface area contributed by atoms with Crippen molar-refractivity contribution in [1.29, 1.82) is 0 Å². The third-order valence-electron chi connectivity index (χ3n) is 2.01. The van der Waals surface area contributed by atoms with Crippen molar-refractivity contribution < 1.29 is 4.39 Å². The van der Waals surface area contributed by atoms with Crippen molar-refractivity contribution in [3.8, 4) is 0 Å². The molecule has 3 heteroatoms. The highest BCUT2D eigenvalue weighted by Gasteiger charge is 2.06. The van der Waals surface area contributed by atoms with Gasteiger partial charge in [0.2, 0.25) is 0 Å². The number of hydrogen-bond acceptors (Lipinski definition) is 1. The lowest BCUT2D eigenvalue weighted by atomic mass is 10.0. The molecule has 0 saturated carbocycles. The summed E-state index contributed by atoms with van der Waals surface area (Å²) in [5.74, 6) is 0. The molecular formula is C10H15ClFN. The number of nitrogens with two attached hydrogens (primary N) is 1. The molecular weight excluding hydrogens is 189 g/mol. The average molecular weight is 204 g/mol. The van der Waals surface area contributed by atoms with E-state index in [1.165, 1.54) is 0 Å². The van der Waals surface area contributed by atoms with Crippen molar-refractivity contribution in [3.05, 3.63) is 35.4 Å². The smallest absolute Gasteiger partial charge is 0.0912 e. The van der Waals surface area contributed by atoms with E-state index in [1.54, 1.807) is 0 Å². The summed E-state index contributed by atoms with van der Waals surface area (Å²) >= 11 is 0. The molecule has 1 rings (SSSR count). The summed E-state index contributed by atoms with van der Waals surface area (Å²) in [5.41, 5.74) is 7.95. The third kappa shape index (κ3) is 3.33. The van der Waals surface area contributed by atoms with Gasteiger partial charge in [-0.1, -0.05) is 24.3 Å². The Kier molecular flexibility index (Phi) is 5.67. The first-order valence-corrected chi connectivity index (χ1v) is 4.12. The molecule has 1 nitrogen and oxygen atoms in total. The van der Waals surface area contributed by atoms with Crippen molar-refractivity contribution in [3.63, 3.8) is 0 Å². The van der Waals surface area contributed by atoms with E-state index in [2.05, 4.69) is 0 Å². The van der Waals surface area contributed by atoms with Crippen LogP contribution >= 0.6 is 12.4 Å². The van der Waals surface area contributed by atoms with Gasteiger partial charge in [0, 0.05) is 6.04 Å². The van der Waals surface area contributed by atoms with Gasteiger partial charge in [-0.2, -0.15) is 0 Å². The minimum atomic E-state index is -0.352. The summed E-state index contributed by atoms with van der Waals surface area (Å²) in [6.45, 7) is 1.64. The van der Waals surface area contributed by atoms with Crippen LogP contribution in [-0.4, -0.2) is 6.67 Å². The molecule has 13 heavy (non-hydrogen) atoms. The second kappa shape index (κ2) is 5.95. The van der Waals surface area contributed by atoms with E-state index in [0.717, 1.165) is 11.1 Å². The highest BCUT2D eigenvalue weighted by atomic mass is 35.5. The molecule has 1 atom stereocenters. The molecule has 0 aliphatic carbocycles. The van der Waals surface area contributed by atoms with Crippen molar-refractivity contribution in [1.82, 2.24) is 0 Å². The van der Waals surface area contributed by atoms with Gasteiger partial charge >= 0.3 is 0 Å². The highest BCUT2D eigenvalue weighted by Crippen LogP contribution is 2.17. The molecule has 2 N–H and O–H groups in total. The van der Waals surface area contributed by atoms with Gasteiger partial charge in [0.25, 0.3) is 0 Å².